The molecule has 0 spiro atoms. The van der Waals surface area contributed by atoms with Gasteiger partial charge in [0.2, 0.25) is 0 Å². The fourth-order valence-corrected chi connectivity index (χ4v) is 4.13. The van der Waals surface area contributed by atoms with Crippen LogP contribution in [0.4, 0.5) is 0 Å². The molecule has 2 unspecified atom stereocenters. The molecular formula is C23H29N3O2. The van der Waals surface area contributed by atoms with Crippen LogP contribution in [0.2, 0.25) is 0 Å². The van der Waals surface area contributed by atoms with Crippen LogP contribution in [-0.4, -0.2) is 36.9 Å². The maximum absolute atomic E-state index is 5.86. The number of nitrogens with zero attached hydrogens (tertiary/aromatic N) is 2. The normalized spacial score (nSPS) is 21.8. The Balaban J connectivity index is 1.50. The Kier molecular flexibility index (Phi) is 5.53. The fraction of sp³-hybridized carbons (Fsp3) is 0.435. The predicted octanol–water partition coefficient (Wildman–Crippen LogP) is 4.00. The van der Waals surface area contributed by atoms with Gasteiger partial charge in [0.1, 0.15) is 0 Å². The molecule has 5 nitrogen and oxygen atoms in total. The van der Waals surface area contributed by atoms with Crippen LogP contribution in [0.15, 0.2) is 53.6 Å². The first-order chi connectivity index (χ1) is 13.6. The molecule has 1 N–H and O–H groups in total. The van der Waals surface area contributed by atoms with Gasteiger partial charge in [0.25, 0.3) is 0 Å². The van der Waals surface area contributed by atoms with Crippen molar-refractivity contribution in [1.29, 1.82) is 0 Å². The van der Waals surface area contributed by atoms with Gasteiger partial charge in [0, 0.05) is 37.7 Å². The lowest BCUT2D eigenvalue weighted by molar-refractivity contribution is 0.219. The third kappa shape index (κ3) is 3.99. The van der Waals surface area contributed by atoms with Gasteiger partial charge >= 0.3 is 0 Å². The lowest BCUT2D eigenvalue weighted by atomic mass is 9.86. The number of fused-ring (bicyclic) bond motifs is 1. The lowest BCUT2D eigenvalue weighted by Crippen LogP contribution is -2.41. The summed E-state index contributed by atoms with van der Waals surface area (Å²) < 4.78 is 11.4. The number of rotatable bonds is 6. The van der Waals surface area contributed by atoms with Crippen molar-refractivity contribution < 1.29 is 9.47 Å². The molecule has 0 amide bonds. The van der Waals surface area contributed by atoms with E-state index in [-0.39, 0.29) is 12.1 Å². The number of piperidine rings is 1. The molecule has 0 aliphatic carbocycles. The zero-order chi connectivity index (χ0) is 19.5. The Morgan fingerprint density at radius 2 is 1.96 bits per heavy atom. The second-order valence-electron chi connectivity index (χ2n) is 7.86. The van der Waals surface area contributed by atoms with E-state index in [1.807, 2.05) is 19.9 Å². The maximum atomic E-state index is 5.86. The third-order valence-electron chi connectivity index (χ3n) is 5.48. The van der Waals surface area contributed by atoms with Gasteiger partial charge in [-0.3, -0.25) is 4.90 Å². The van der Waals surface area contributed by atoms with E-state index >= 15 is 0 Å². The maximum Gasteiger partial charge on any atom is 0.161 e. The van der Waals surface area contributed by atoms with Crippen LogP contribution in [0.3, 0.4) is 0 Å². The SMILES string of the molecule is COc1cc(C2NN=C3CCN(Cc4ccccc4)CC32)ccc1OC(C)C. The zero-order valence-electron chi connectivity index (χ0n) is 16.9. The summed E-state index contributed by atoms with van der Waals surface area (Å²) in [6, 6.07) is 17.1. The highest BCUT2D eigenvalue weighted by molar-refractivity contribution is 5.90. The van der Waals surface area contributed by atoms with Crippen molar-refractivity contribution >= 4 is 5.71 Å². The monoisotopic (exact) mass is 379 g/mol. The number of hydrazone groups is 1. The Bertz CT molecular complexity index is 835. The molecule has 2 atom stereocenters. The molecule has 0 saturated carbocycles. The zero-order valence-corrected chi connectivity index (χ0v) is 16.9. The summed E-state index contributed by atoms with van der Waals surface area (Å²) in [5.74, 6) is 1.95. The summed E-state index contributed by atoms with van der Waals surface area (Å²) >= 11 is 0. The molecule has 2 aliphatic rings. The first kappa shape index (κ1) is 18.8. The highest BCUT2D eigenvalue weighted by Gasteiger charge is 2.37. The number of nitrogens with one attached hydrogen (secondary N) is 1. The molecule has 5 heteroatoms. The molecule has 1 saturated heterocycles. The van der Waals surface area contributed by atoms with E-state index in [4.69, 9.17) is 9.47 Å². The molecule has 2 aromatic rings. The first-order valence-corrected chi connectivity index (χ1v) is 10.1. The minimum absolute atomic E-state index is 0.115. The van der Waals surface area contributed by atoms with E-state index in [1.54, 1.807) is 7.11 Å². The van der Waals surface area contributed by atoms with E-state index < -0.39 is 0 Å². The Morgan fingerprint density at radius 1 is 1.14 bits per heavy atom. The fourth-order valence-electron chi connectivity index (χ4n) is 4.13. The average molecular weight is 380 g/mol. The number of likely N-dealkylation sites (tertiary alicyclic amines) is 1. The van der Waals surface area contributed by atoms with Gasteiger partial charge in [-0.1, -0.05) is 36.4 Å². The van der Waals surface area contributed by atoms with Crippen molar-refractivity contribution in [1.82, 2.24) is 10.3 Å². The molecule has 2 aliphatic heterocycles. The predicted molar refractivity (Wildman–Crippen MR) is 112 cm³/mol. The minimum Gasteiger partial charge on any atom is -0.493 e. The van der Waals surface area contributed by atoms with E-state index in [1.165, 1.54) is 16.8 Å². The lowest BCUT2D eigenvalue weighted by Gasteiger charge is -2.33. The number of benzene rings is 2. The summed E-state index contributed by atoms with van der Waals surface area (Å²) in [5.41, 5.74) is 7.22. The quantitative estimate of drug-likeness (QED) is 0.824. The van der Waals surface area contributed by atoms with E-state index in [9.17, 15) is 0 Å². The topological polar surface area (TPSA) is 46.1 Å². The molecule has 4 rings (SSSR count). The van der Waals surface area contributed by atoms with Gasteiger partial charge < -0.3 is 14.9 Å². The average Bonchev–Trinajstić information content (AvgIpc) is 3.12. The molecule has 1 fully saturated rings. The second kappa shape index (κ2) is 8.23. The third-order valence-corrected chi connectivity index (χ3v) is 5.48. The van der Waals surface area contributed by atoms with Crippen molar-refractivity contribution in [3.05, 3.63) is 59.7 Å². The van der Waals surface area contributed by atoms with Crippen LogP contribution in [0.5, 0.6) is 11.5 Å². The summed E-state index contributed by atoms with van der Waals surface area (Å²) in [5, 5.41) is 4.65. The summed E-state index contributed by atoms with van der Waals surface area (Å²) in [6.45, 7) is 7.10. The van der Waals surface area contributed by atoms with Crippen molar-refractivity contribution in [3.63, 3.8) is 0 Å². The highest BCUT2D eigenvalue weighted by atomic mass is 16.5. The largest absolute Gasteiger partial charge is 0.493 e. The molecule has 0 aromatic heterocycles. The molecule has 28 heavy (non-hydrogen) atoms. The molecule has 2 heterocycles. The molecule has 0 radical (unpaired) electrons. The molecule has 148 valence electrons. The van der Waals surface area contributed by atoms with Gasteiger partial charge in [-0.2, -0.15) is 5.10 Å². The first-order valence-electron chi connectivity index (χ1n) is 10.1. The highest BCUT2D eigenvalue weighted by Crippen LogP contribution is 2.37. The van der Waals surface area contributed by atoms with E-state index in [2.05, 4.69) is 57.9 Å². The second-order valence-corrected chi connectivity index (χ2v) is 7.86. The van der Waals surface area contributed by atoms with Crippen LogP contribution in [0.1, 0.15) is 37.4 Å². The van der Waals surface area contributed by atoms with Crippen LogP contribution < -0.4 is 14.9 Å². The van der Waals surface area contributed by atoms with Gasteiger partial charge in [-0.05, 0) is 37.1 Å². The van der Waals surface area contributed by atoms with Crippen LogP contribution in [-0.2, 0) is 6.54 Å². The summed E-state index contributed by atoms with van der Waals surface area (Å²) in [7, 11) is 1.69. The molecule has 2 aromatic carbocycles. The van der Waals surface area contributed by atoms with Gasteiger partial charge in [0.15, 0.2) is 11.5 Å². The Hall–Kier alpha value is -2.53. The van der Waals surface area contributed by atoms with E-state index in [0.717, 1.165) is 37.6 Å². The van der Waals surface area contributed by atoms with Crippen molar-refractivity contribution in [3.8, 4) is 11.5 Å². The number of methoxy groups -OCH3 is 1. The number of ether oxygens (including phenoxy) is 2. The molecule has 0 bridgehead atoms. The van der Waals surface area contributed by atoms with Gasteiger partial charge in [0.05, 0.1) is 19.3 Å². The minimum atomic E-state index is 0.115. The van der Waals surface area contributed by atoms with Gasteiger partial charge in [-0.15, -0.1) is 0 Å². The van der Waals surface area contributed by atoms with Crippen molar-refractivity contribution in [2.75, 3.05) is 20.2 Å². The van der Waals surface area contributed by atoms with Crippen LogP contribution >= 0.6 is 0 Å². The standard InChI is InChI=1S/C23H29N3O2/c1-16(2)28-21-10-9-18(13-22(21)27-3)23-19-15-26(12-11-20(19)24-25-23)14-17-7-5-4-6-8-17/h4-10,13,16,19,23,25H,11-12,14-15H2,1-3H3. The van der Waals surface area contributed by atoms with E-state index in [0.29, 0.717) is 5.92 Å². The summed E-state index contributed by atoms with van der Waals surface area (Å²) in [6.07, 6.45) is 1.14. The number of hydrogen-bond acceptors (Lipinski definition) is 5. The Labute approximate surface area is 167 Å². The summed E-state index contributed by atoms with van der Waals surface area (Å²) in [4.78, 5) is 2.53. The van der Waals surface area contributed by atoms with Crippen LogP contribution in [0, 0.1) is 5.92 Å². The molecular weight excluding hydrogens is 350 g/mol. The van der Waals surface area contributed by atoms with Crippen molar-refractivity contribution in [2.45, 2.75) is 39.0 Å². The van der Waals surface area contributed by atoms with Crippen molar-refractivity contribution in [2.24, 2.45) is 11.0 Å². The van der Waals surface area contributed by atoms with Crippen LogP contribution in [0.25, 0.3) is 0 Å². The Morgan fingerprint density at radius 3 is 2.71 bits per heavy atom. The smallest absolute Gasteiger partial charge is 0.161 e. The van der Waals surface area contributed by atoms with Gasteiger partial charge in [-0.25, -0.2) is 0 Å². The number of hydrogen-bond donors (Lipinski definition) is 1.